The van der Waals surface area contributed by atoms with Crippen molar-refractivity contribution in [3.63, 3.8) is 0 Å². The van der Waals surface area contributed by atoms with E-state index in [2.05, 4.69) is 10.6 Å². The molecule has 0 bridgehead atoms. The number of carbonyl (C=O) groups is 2. The molecule has 2 amide bonds. The minimum atomic E-state index is -0.160. The second-order valence-corrected chi connectivity index (χ2v) is 4.91. The fourth-order valence-electron chi connectivity index (χ4n) is 2.22. The van der Waals surface area contributed by atoms with E-state index < -0.39 is 0 Å². The first-order chi connectivity index (χ1) is 10.2. The van der Waals surface area contributed by atoms with Crippen LogP contribution in [0.15, 0.2) is 24.3 Å². The van der Waals surface area contributed by atoms with Gasteiger partial charge in [-0.2, -0.15) is 0 Å². The van der Waals surface area contributed by atoms with E-state index in [9.17, 15) is 9.59 Å². The fraction of sp³-hybridized carbons (Fsp3) is 0.467. The largest absolute Gasteiger partial charge is 0.497 e. The number of nitrogens with one attached hydrogen (secondary N) is 2. The van der Waals surface area contributed by atoms with Gasteiger partial charge in [-0.15, -0.1) is 0 Å². The van der Waals surface area contributed by atoms with E-state index in [-0.39, 0.29) is 24.7 Å². The van der Waals surface area contributed by atoms with Gasteiger partial charge in [0.05, 0.1) is 7.11 Å². The summed E-state index contributed by atoms with van der Waals surface area (Å²) in [6.45, 7) is 3.08. The highest BCUT2D eigenvalue weighted by atomic mass is 16.5. The molecule has 1 saturated heterocycles. The number of nitrogens with zero attached hydrogens (tertiary/aromatic N) is 1. The molecule has 1 heterocycles. The second kappa shape index (κ2) is 7.64. The maximum Gasteiger partial charge on any atom is 0.224 e. The van der Waals surface area contributed by atoms with Crippen LogP contribution in [0.1, 0.15) is 12.8 Å². The number of piperazine rings is 1. The predicted octanol–water partition coefficient (Wildman–Crippen LogP) is 0.846. The van der Waals surface area contributed by atoms with Crippen molar-refractivity contribution in [1.29, 1.82) is 0 Å². The summed E-state index contributed by atoms with van der Waals surface area (Å²) in [6, 6.07) is 7.15. The molecule has 21 heavy (non-hydrogen) atoms. The lowest BCUT2D eigenvalue weighted by Crippen LogP contribution is -2.46. The SMILES string of the molecule is COc1cccc(NC(=O)CCC(=O)N2CCNCC2)c1. The zero-order valence-electron chi connectivity index (χ0n) is 12.2. The Labute approximate surface area is 124 Å². The van der Waals surface area contributed by atoms with Gasteiger partial charge in [-0.25, -0.2) is 0 Å². The van der Waals surface area contributed by atoms with Crippen LogP contribution in [0, 0.1) is 0 Å². The van der Waals surface area contributed by atoms with E-state index in [0.29, 0.717) is 11.4 Å². The number of anilines is 1. The van der Waals surface area contributed by atoms with Crippen molar-refractivity contribution >= 4 is 17.5 Å². The topological polar surface area (TPSA) is 70.7 Å². The first-order valence-electron chi connectivity index (χ1n) is 7.11. The number of ether oxygens (including phenoxy) is 1. The third-order valence-electron chi connectivity index (χ3n) is 3.39. The smallest absolute Gasteiger partial charge is 0.224 e. The first kappa shape index (κ1) is 15.3. The number of benzene rings is 1. The minimum Gasteiger partial charge on any atom is -0.497 e. The summed E-state index contributed by atoms with van der Waals surface area (Å²) in [5.41, 5.74) is 0.675. The van der Waals surface area contributed by atoms with E-state index in [4.69, 9.17) is 4.74 Å². The molecule has 1 aromatic rings. The van der Waals surface area contributed by atoms with Crippen molar-refractivity contribution in [2.45, 2.75) is 12.8 Å². The van der Waals surface area contributed by atoms with E-state index in [1.807, 2.05) is 6.07 Å². The average molecular weight is 291 g/mol. The van der Waals surface area contributed by atoms with Crippen LogP contribution in [-0.4, -0.2) is 50.0 Å². The Morgan fingerprint density at radius 3 is 2.76 bits per heavy atom. The molecule has 1 aromatic carbocycles. The molecule has 0 saturated carbocycles. The Balaban J connectivity index is 1.77. The average Bonchev–Trinajstić information content (AvgIpc) is 2.53. The number of rotatable bonds is 5. The summed E-state index contributed by atoms with van der Waals surface area (Å²) in [6.07, 6.45) is 0.440. The molecule has 1 fully saturated rings. The van der Waals surface area contributed by atoms with Gasteiger partial charge in [0.25, 0.3) is 0 Å². The first-order valence-corrected chi connectivity index (χ1v) is 7.11. The Morgan fingerprint density at radius 1 is 1.29 bits per heavy atom. The van der Waals surface area contributed by atoms with Crippen molar-refractivity contribution < 1.29 is 14.3 Å². The molecule has 0 atom stereocenters. The second-order valence-electron chi connectivity index (χ2n) is 4.91. The molecule has 1 aliphatic heterocycles. The molecule has 6 heteroatoms. The van der Waals surface area contributed by atoms with Gasteiger partial charge < -0.3 is 20.3 Å². The van der Waals surface area contributed by atoms with Gasteiger partial charge in [0.2, 0.25) is 11.8 Å². The van der Waals surface area contributed by atoms with Crippen molar-refractivity contribution in [3.05, 3.63) is 24.3 Å². The van der Waals surface area contributed by atoms with Crippen LogP contribution in [0.3, 0.4) is 0 Å². The van der Waals surface area contributed by atoms with Crippen LogP contribution in [0.4, 0.5) is 5.69 Å². The van der Waals surface area contributed by atoms with Gasteiger partial charge in [0.1, 0.15) is 5.75 Å². The van der Waals surface area contributed by atoms with E-state index in [1.54, 1.807) is 30.2 Å². The number of amides is 2. The molecule has 0 unspecified atom stereocenters. The zero-order valence-corrected chi connectivity index (χ0v) is 12.2. The zero-order chi connectivity index (χ0) is 15.1. The van der Waals surface area contributed by atoms with Crippen LogP contribution in [0.2, 0.25) is 0 Å². The van der Waals surface area contributed by atoms with E-state index in [1.165, 1.54) is 0 Å². The summed E-state index contributed by atoms with van der Waals surface area (Å²) in [5, 5.41) is 5.97. The third-order valence-corrected chi connectivity index (χ3v) is 3.39. The van der Waals surface area contributed by atoms with Crippen molar-refractivity contribution in [2.75, 3.05) is 38.6 Å². The molecular weight excluding hydrogens is 270 g/mol. The lowest BCUT2D eigenvalue weighted by Gasteiger charge is -2.27. The Bertz CT molecular complexity index is 499. The molecule has 2 N–H and O–H groups in total. The van der Waals surface area contributed by atoms with Crippen LogP contribution >= 0.6 is 0 Å². The monoisotopic (exact) mass is 291 g/mol. The maximum atomic E-state index is 12.0. The van der Waals surface area contributed by atoms with E-state index >= 15 is 0 Å². The summed E-state index contributed by atoms with van der Waals surface area (Å²) >= 11 is 0. The van der Waals surface area contributed by atoms with Gasteiger partial charge >= 0.3 is 0 Å². The van der Waals surface area contributed by atoms with Gasteiger partial charge in [0.15, 0.2) is 0 Å². The molecular formula is C15H21N3O3. The third kappa shape index (κ3) is 4.75. The van der Waals surface area contributed by atoms with Crippen LogP contribution in [0.5, 0.6) is 5.75 Å². The molecule has 0 aromatic heterocycles. The maximum absolute atomic E-state index is 12.0. The lowest BCUT2D eigenvalue weighted by atomic mass is 10.2. The highest BCUT2D eigenvalue weighted by molar-refractivity contribution is 5.93. The molecule has 0 aliphatic carbocycles. The van der Waals surface area contributed by atoms with Gasteiger partial charge in [-0.1, -0.05) is 6.07 Å². The lowest BCUT2D eigenvalue weighted by molar-refractivity contribution is -0.133. The number of carbonyl (C=O) groups excluding carboxylic acids is 2. The number of methoxy groups -OCH3 is 1. The quantitative estimate of drug-likeness (QED) is 0.843. The number of hydrogen-bond acceptors (Lipinski definition) is 4. The molecule has 114 valence electrons. The van der Waals surface area contributed by atoms with E-state index in [0.717, 1.165) is 26.2 Å². The van der Waals surface area contributed by atoms with Crippen molar-refractivity contribution in [1.82, 2.24) is 10.2 Å². The summed E-state index contributed by atoms with van der Waals surface area (Å²) in [4.78, 5) is 25.6. The normalized spacial score (nSPS) is 14.6. The number of hydrogen-bond donors (Lipinski definition) is 2. The Kier molecular flexibility index (Phi) is 5.57. The van der Waals surface area contributed by atoms with Crippen LogP contribution in [0.25, 0.3) is 0 Å². The standard InChI is InChI=1S/C15H21N3O3/c1-21-13-4-2-3-12(11-13)17-14(19)5-6-15(20)18-9-7-16-8-10-18/h2-4,11,16H,5-10H2,1H3,(H,17,19). The van der Waals surface area contributed by atoms with Crippen LogP contribution < -0.4 is 15.4 Å². The summed E-state index contributed by atoms with van der Waals surface area (Å²) in [7, 11) is 1.58. The molecule has 6 nitrogen and oxygen atoms in total. The summed E-state index contributed by atoms with van der Waals surface area (Å²) < 4.78 is 5.10. The van der Waals surface area contributed by atoms with Gasteiger partial charge in [0, 0.05) is 50.8 Å². The highest BCUT2D eigenvalue weighted by Crippen LogP contribution is 2.17. The van der Waals surface area contributed by atoms with Crippen LogP contribution in [-0.2, 0) is 9.59 Å². The predicted molar refractivity (Wildman–Crippen MR) is 80.3 cm³/mol. The summed E-state index contributed by atoms with van der Waals surface area (Å²) in [5.74, 6) is 0.564. The van der Waals surface area contributed by atoms with Crippen molar-refractivity contribution in [2.24, 2.45) is 0 Å². The Morgan fingerprint density at radius 2 is 2.05 bits per heavy atom. The molecule has 2 rings (SSSR count). The van der Waals surface area contributed by atoms with Gasteiger partial charge in [-0.3, -0.25) is 9.59 Å². The molecule has 1 aliphatic rings. The van der Waals surface area contributed by atoms with Gasteiger partial charge in [-0.05, 0) is 12.1 Å². The highest BCUT2D eigenvalue weighted by Gasteiger charge is 2.17. The molecule has 0 radical (unpaired) electrons. The minimum absolute atomic E-state index is 0.0392. The molecule has 0 spiro atoms. The fourth-order valence-corrected chi connectivity index (χ4v) is 2.22. The van der Waals surface area contributed by atoms with Crippen molar-refractivity contribution in [3.8, 4) is 5.75 Å². The Hall–Kier alpha value is -2.08.